The molecule has 1 aromatic heterocycles. The SMILES string of the molecule is Cc1ccc(OCC(=O)N2CCN(c3ccc(-c4ccc5ccccc5c4)nn3)CC2)cc1. The van der Waals surface area contributed by atoms with E-state index < -0.39 is 0 Å². The van der Waals surface area contributed by atoms with E-state index in [2.05, 4.69) is 45.4 Å². The second-order valence-corrected chi connectivity index (χ2v) is 8.31. The molecule has 5 rings (SSSR count). The molecular formula is C27H26N4O2. The lowest BCUT2D eigenvalue weighted by Crippen LogP contribution is -2.50. The smallest absolute Gasteiger partial charge is 0.260 e. The molecule has 0 saturated carbocycles. The number of carbonyl (C=O) groups is 1. The predicted molar refractivity (Wildman–Crippen MR) is 130 cm³/mol. The second kappa shape index (κ2) is 9.28. The molecule has 0 spiro atoms. The highest BCUT2D eigenvalue weighted by Crippen LogP contribution is 2.24. The van der Waals surface area contributed by atoms with Gasteiger partial charge in [-0.05, 0) is 48.0 Å². The minimum atomic E-state index is 0.00737. The Morgan fingerprint density at radius 2 is 1.61 bits per heavy atom. The van der Waals surface area contributed by atoms with E-state index in [-0.39, 0.29) is 12.5 Å². The Labute approximate surface area is 193 Å². The van der Waals surface area contributed by atoms with E-state index in [1.165, 1.54) is 10.8 Å². The van der Waals surface area contributed by atoms with Gasteiger partial charge in [-0.2, -0.15) is 0 Å². The lowest BCUT2D eigenvalue weighted by Gasteiger charge is -2.35. The first kappa shape index (κ1) is 20.9. The van der Waals surface area contributed by atoms with Gasteiger partial charge in [0.2, 0.25) is 0 Å². The van der Waals surface area contributed by atoms with Gasteiger partial charge in [0.05, 0.1) is 5.69 Å². The third kappa shape index (κ3) is 4.80. The lowest BCUT2D eigenvalue weighted by molar-refractivity contribution is -0.133. The number of aryl methyl sites for hydroxylation is 1. The molecule has 4 aromatic rings. The Hall–Kier alpha value is -3.93. The van der Waals surface area contributed by atoms with Crippen LogP contribution in [0.15, 0.2) is 78.9 Å². The molecule has 1 amide bonds. The fourth-order valence-corrected chi connectivity index (χ4v) is 4.05. The van der Waals surface area contributed by atoms with Crippen LogP contribution in [0.1, 0.15) is 5.56 Å². The van der Waals surface area contributed by atoms with Crippen molar-refractivity contribution in [2.24, 2.45) is 0 Å². The number of hydrogen-bond acceptors (Lipinski definition) is 5. The van der Waals surface area contributed by atoms with Gasteiger partial charge in [0.15, 0.2) is 12.4 Å². The fourth-order valence-electron chi connectivity index (χ4n) is 4.05. The van der Waals surface area contributed by atoms with E-state index in [4.69, 9.17) is 4.74 Å². The molecule has 6 nitrogen and oxygen atoms in total. The summed E-state index contributed by atoms with van der Waals surface area (Å²) in [5, 5.41) is 11.3. The number of carbonyl (C=O) groups excluding carboxylic acids is 1. The van der Waals surface area contributed by atoms with Gasteiger partial charge in [0, 0.05) is 31.7 Å². The van der Waals surface area contributed by atoms with Crippen LogP contribution in [0, 0.1) is 6.92 Å². The summed E-state index contributed by atoms with van der Waals surface area (Å²) in [6.45, 7) is 4.81. The van der Waals surface area contributed by atoms with Crippen LogP contribution in [-0.4, -0.2) is 53.8 Å². The Morgan fingerprint density at radius 3 is 2.33 bits per heavy atom. The normalized spacial score (nSPS) is 13.8. The van der Waals surface area contributed by atoms with Crippen LogP contribution in [-0.2, 0) is 4.79 Å². The van der Waals surface area contributed by atoms with Gasteiger partial charge in [0.1, 0.15) is 5.75 Å². The van der Waals surface area contributed by atoms with E-state index in [0.29, 0.717) is 13.1 Å². The molecule has 1 saturated heterocycles. The maximum atomic E-state index is 12.5. The average Bonchev–Trinajstić information content (AvgIpc) is 2.88. The second-order valence-electron chi connectivity index (χ2n) is 8.31. The highest BCUT2D eigenvalue weighted by atomic mass is 16.5. The topological polar surface area (TPSA) is 58.6 Å². The van der Waals surface area contributed by atoms with Crippen molar-refractivity contribution in [1.82, 2.24) is 15.1 Å². The van der Waals surface area contributed by atoms with Crippen molar-refractivity contribution < 1.29 is 9.53 Å². The van der Waals surface area contributed by atoms with Gasteiger partial charge < -0.3 is 14.5 Å². The molecule has 166 valence electrons. The standard InChI is InChI=1S/C27H26N4O2/c1-20-6-10-24(11-7-20)33-19-27(32)31-16-14-30(15-17-31)26-13-12-25(28-29-26)23-9-8-21-4-2-3-5-22(21)18-23/h2-13,18H,14-17,19H2,1H3. The first-order chi connectivity index (χ1) is 16.2. The van der Waals surface area contributed by atoms with Crippen molar-refractivity contribution >= 4 is 22.5 Å². The fraction of sp³-hybridized carbons (Fsp3) is 0.222. The van der Waals surface area contributed by atoms with Crippen LogP contribution >= 0.6 is 0 Å². The molecule has 0 radical (unpaired) electrons. The van der Waals surface area contributed by atoms with Crippen molar-refractivity contribution in [3.8, 4) is 17.0 Å². The molecule has 1 aliphatic rings. The molecule has 0 bridgehead atoms. The van der Waals surface area contributed by atoms with E-state index in [9.17, 15) is 4.79 Å². The van der Waals surface area contributed by atoms with Crippen LogP contribution in [0.3, 0.4) is 0 Å². The number of amides is 1. The highest BCUT2D eigenvalue weighted by Gasteiger charge is 2.22. The molecule has 33 heavy (non-hydrogen) atoms. The van der Waals surface area contributed by atoms with E-state index in [1.54, 1.807) is 0 Å². The average molecular weight is 439 g/mol. The summed E-state index contributed by atoms with van der Waals surface area (Å²) in [4.78, 5) is 16.5. The summed E-state index contributed by atoms with van der Waals surface area (Å²) < 4.78 is 5.64. The van der Waals surface area contributed by atoms with Crippen LogP contribution in [0.2, 0.25) is 0 Å². The monoisotopic (exact) mass is 438 g/mol. The third-order valence-electron chi connectivity index (χ3n) is 6.04. The summed E-state index contributed by atoms with van der Waals surface area (Å²) >= 11 is 0. The molecule has 0 atom stereocenters. The molecule has 0 unspecified atom stereocenters. The number of aromatic nitrogens is 2. The number of ether oxygens (including phenoxy) is 1. The quantitative estimate of drug-likeness (QED) is 0.464. The van der Waals surface area contributed by atoms with E-state index in [1.807, 2.05) is 60.4 Å². The van der Waals surface area contributed by atoms with Crippen LogP contribution in [0.5, 0.6) is 5.75 Å². The molecule has 0 aliphatic carbocycles. The summed E-state index contributed by atoms with van der Waals surface area (Å²) in [6, 6.07) is 26.4. The number of anilines is 1. The Morgan fingerprint density at radius 1 is 0.848 bits per heavy atom. The zero-order valence-electron chi connectivity index (χ0n) is 18.6. The first-order valence-electron chi connectivity index (χ1n) is 11.2. The third-order valence-corrected chi connectivity index (χ3v) is 6.04. The largest absolute Gasteiger partial charge is 0.484 e. The molecule has 6 heteroatoms. The highest BCUT2D eigenvalue weighted by molar-refractivity contribution is 5.86. The minimum Gasteiger partial charge on any atom is -0.484 e. The molecule has 2 heterocycles. The molecular weight excluding hydrogens is 412 g/mol. The Balaban J connectivity index is 1.17. The predicted octanol–water partition coefficient (Wildman–Crippen LogP) is 4.33. The summed E-state index contributed by atoms with van der Waals surface area (Å²) in [5.74, 6) is 1.56. The minimum absolute atomic E-state index is 0.00737. The Kier molecular flexibility index (Phi) is 5.89. The van der Waals surface area contributed by atoms with Crippen LogP contribution < -0.4 is 9.64 Å². The van der Waals surface area contributed by atoms with E-state index in [0.717, 1.165) is 41.5 Å². The van der Waals surface area contributed by atoms with Crippen molar-refractivity contribution in [2.75, 3.05) is 37.7 Å². The van der Waals surface area contributed by atoms with Crippen molar-refractivity contribution in [1.29, 1.82) is 0 Å². The number of fused-ring (bicyclic) bond motifs is 1. The van der Waals surface area contributed by atoms with E-state index >= 15 is 0 Å². The summed E-state index contributed by atoms with van der Waals surface area (Å²) in [5.41, 5.74) is 3.07. The number of hydrogen-bond donors (Lipinski definition) is 0. The lowest BCUT2D eigenvalue weighted by atomic mass is 10.1. The van der Waals surface area contributed by atoms with Gasteiger partial charge >= 0.3 is 0 Å². The van der Waals surface area contributed by atoms with Crippen LogP contribution in [0.4, 0.5) is 5.82 Å². The molecule has 1 fully saturated rings. The van der Waals surface area contributed by atoms with Crippen molar-refractivity contribution in [2.45, 2.75) is 6.92 Å². The molecule has 3 aromatic carbocycles. The van der Waals surface area contributed by atoms with Crippen molar-refractivity contribution in [3.05, 3.63) is 84.4 Å². The van der Waals surface area contributed by atoms with Gasteiger partial charge in [-0.25, -0.2) is 0 Å². The van der Waals surface area contributed by atoms with Crippen molar-refractivity contribution in [3.63, 3.8) is 0 Å². The van der Waals surface area contributed by atoms with Crippen LogP contribution in [0.25, 0.3) is 22.0 Å². The number of benzene rings is 3. The summed E-state index contributed by atoms with van der Waals surface area (Å²) in [7, 11) is 0. The number of nitrogens with zero attached hydrogens (tertiary/aromatic N) is 4. The molecule has 0 N–H and O–H groups in total. The maximum absolute atomic E-state index is 12.5. The zero-order chi connectivity index (χ0) is 22.6. The zero-order valence-corrected chi connectivity index (χ0v) is 18.6. The Bertz CT molecular complexity index is 1250. The van der Waals surface area contributed by atoms with Gasteiger partial charge in [0.25, 0.3) is 5.91 Å². The number of piperazine rings is 1. The summed E-state index contributed by atoms with van der Waals surface area (Å²) in [6.07, 6.45) is 0. The number of rotatable bonds is 5. The van der Waals surface area contributed by atoms with Gasteiger partial charge in [-0.1, -0.05) is 54.1 Å². The first-order valence-corrected chi connectivity index (χ1v) is 11.2. The molecule has 1 aliphatic heterocycles. The van der Waals surface area contributed by atoms with Gasteiger partial charge in [-0.15, -0.1) is 10.2 Å². The van der Waals surface area contributed by atoms with Gasteiger partial charge in [-0.3, -0.25) is 4.79 Å². The maximum Gasteiger partial charge on any atom is 0.260 e.